The first-order chi connectivity index (χ1) is 16.7. The number of halogens is 2. The van der Waals surface area contributed by atoms with Gasteiger partial charge in [-0.3, -0.25) is 9.59 Å². The van der Waals surface area contributed by atoms with Crippen LogP contribution in [0.25, 0.3) is 5.69 Å². The molecular formula is C25H26F2N6O2. The zero-order chi connectivity index (χ0) is 24.9. The van der Waals surface area contributed by atoms with Gasteiger partial charge in [0.25, 0.3) is 11.5 Å². The molecule has 3 heterocycles. The fraction of sp³-hybridized carbons (Fsp3) is 0.320. The topological polar surface area (TPSA) is 73.7 Å². The SMILES string of the molecule is CC1CCN(c2c(NC(=O)c3ccc(=O)n(-c4c(F)cccc4F)n3)ccc3c2CN(C)N3C)C1. The zero-order valence-corrected chi connectivity index (χ0v) is 19.8. The minimum absolute atomic E-state index is 0.136. The summed E-state index contributed by atoms with van der Waals surface area (Å²) in [7, 11) is 4.00. The number of carbonyl (C=O) groups excluding carboxylic acids is 1. The van der Waals surface area contributed by atoms with E-state index in [4.69, 9.17) is 0 Å². The summed E-state index contributed by atoms with van der Waals surface area (Å²) < 4.78 is 29.2. The molecular weight excluding hydrogens is 454 g/mol. The van der Waals surface area contributed by atoms with E-state index in [1.807, 2.05) is 26.2 Å². The van der Waals surface area contributed by atoms with Gasteiger partial charge in [0.05, 0.1) is 17.1 Å². The quantitative estimate of drug-likeness (QED) is 0.617. The van der Waals surface area contributed by atoms with E-state index in [1.165, 1.54) is 12.1 Å². The number of hydrogen-bond donors (Lipinski definition) is 1. The highest BCUT2D eigenvalue weighted by Crippen LogP contribution is 2.43. The van der Waals surface area contributed by atoms with E-state index < -0.39 is 28.8 Å². The van der Waals surface area contributed by atoms with Gasteiger partial charge in [-0.1, -0.05) is 13.0 Å². The van der Waals surface area contributed by atoms with E-state index in [1.54, 1.807) is 0 Å². The van der Waals surface area contributed by atoms with Gasteiger partial charge in [-0.15, -0.1) is 0 Å². The van der Waals surface area contributed by atoms with E-state index in [9.17, 15) is 18.4 Å². The molecule has 0 spiro atoms. The molecule has 0 saturated carbocycles. The molecule has 8 nitrogen and oxygen atoms in total. The first kappa shape index (κ1) is 23.0. The van der Waals surface area contributed by atoms with Crippen LogP contribution in [0.2, 0.25) is 0 Å². The number of nitrogens with one attached hydrogen (secondary N) is 1. The van der Waals surface area contributed by atoms with Crippen LogP contribution in [0.5, 0.6) is 0 Å². The van der Waals surface area contributed by atoms with Gasteiger partial charge in [0, 0.05) is 45.4 Å². The van der Waals surface area contributed by atoms with E-state index >= 15 is 0 Å². The van der Waals surface area contributed by atoms with Gasteiger partial charge in [0.2, 0.25) is 0 Å². The molecule has 1 saturated heterocycles. The largest absolute Gasteiger partial charge is 0.369 e. The lowest BCUT2D eigenvalue weighted by Gasteiger charge is -2.25. The highest BCUT2D eigenvalue weighted by molar-refractivity contribution is 6.05. The number of benzene rings is 2. The summed E-state index contributed by atoms with van der Waals surface area (Å²) in [4.78, 5) is 27.8. The van der Waals surface area contributed by atoms with E-state index in [0.717, 1.165) is 54.6 Å². The third-order valence-corrected chi connectivity index (χ3v) is 6.68. The smallest absolute Gasteiger partial charge is 0.276 e. The fourth-order valence-corrected chi connectivity index (χ4v) is 4.77. The van der Waals surface area contributed by atoms with Crippen LogP contribution < -0.4 is 20.8 Å². The molecule has 1 aromatic heterocycles. The van der Waals surface area contributed by atoms with Gasteiger partial charge < -0.3 is 15.2 Å². The average Bonchev–Trinajstić information content (AvgIpc) is 3.37. The number of aromatic nitrogens is 2. The Hall–Kier alpha value is -3.79. The molecule has 1 fully saturated rings. The molecule has 2 aliphatic rings. The van der Waals surface area contributed by atoms with Crippen LogP contribution in [0.15, 0.2) is 47.3 Å². The second kappa shape index (κ2) is 8.77. The number of anilines is 3. The summed E-state index contributed by atoms with van der Waals surface area (Å²) >= 11 is 0. The molecule has 0 radical (unpaired) electrons. The van der Waals surface area contributed by atoms with Crippen LogP contribution in [0.4, 0.5) is 25.8 Å². The third-order valence-electron chi connectivity index (χ3n) is 6.68. The lowest BCUT2D eigenvalue weighted by Crippen LogP contribution is -2.29. The van der Waals surface area contributed by atoms with Gasteiger partial charge in [-0.25, -0.2) is 13.8 Å². The van der Waals surface area contributed by atoms with Crippen molar-refractivity contribution in [3.05, 3.63) is 75.7 Å². The average molecular weight is 481 g/mol. The van der Waals surface area contributed by atoms with Gasteiger partial charge in [-0.2, -0.15) is 9.78 Å². The maximum Gasteiger partial charge on any atom is 0.276 e. The maximum atomic E-state index is 14.3. The highest BCUT2D eigenvalue weighted by Gasteiger charge is 2.31. The molecule has 1 amide bonds. The van der Waals surface area contributed by atoms with Crippen molar-refractivity contribution in [2.75, 3.05) is 42.4 Å². The Bertz CT molecular complexity index is 1350. The molecule has 10 heteroatoms. The Labute approximate surface area is 201 Å². The maximum absolute atomic E-state index is 14.3. The van der Waals surface area contributed by atoms with Crippen LogP contribution in [0.3, 0.4) is 0 Å². The van der Waals surface area contributed by atoms with Crippen LogP contribution in [-0.4, -0.2) is 47.9 Å². The Morgan fingerprint density at radius 3 is 2.49 bits per heavy atom. The monoisotopic (exact) mass is 480 g/mol. The van der Waals surface area contributed by atoms with Crippen molar-refractivity contribution < 1.29 is 13.6 Å². The summed E-state index contributed by atoms with van der Waals surface area (Å²) in [6, 6.07) is 9.39. The van der Waals surface area contributed by atoms with Crippen molar-refractivity contribution in [2.24, 2.45) is 5.92 Å². The van der Waals surface area contributed by atoms with Gasteiger partial charge in [0.1, 0.15) is 11.4 Å². The van der Waals surface area contributed by atoms with Gasteiger partial charge in [0.15, 0.2) is 11.6 Å². The molecule has 1 unspecified atom stereocenters. The summed E-state index contributed by atoms with van der Waals surface area (Å²) in [6.07, 6.45) is 1.06. The molecule has 182 valence electrons. The normalized spacial score (nSPS) is 17.7. The molecule has 0 aliphatic carbocycles. The number of amides is 1. The lowest BCUT2D eigenvalue weighted by molar-refractivity contribution is 0.102. The van der Waals surface area contributed by atoms with Crippen molar-refractivity contribution >= 4 is 23.0 Å². The summed E-state index contributed by atoms with van der Waals surface area (Å²) in [5.41, 5.74) is 2.27. The molecule has 2 aromatic carbocycles. The Kier molecular flexibility index (Phi) is 5.76. The zero-order valence-electron chi connectivity index (χ0n) is 19.8. The molecule has 5 rings (SSSR count). The Morgan fingerprint density at radius 1 is 1.06 bits per heavy atom. The number of para-hydroxylation sites is 1. The second-order valence-corrected chi connectivity index (χ2v) is 9.13. The minimum atomic E-state index is -0.950. The third kappa shape index (κ3) is 4.03. The summed E-state index contributed by atoms with van der Waals surface area (Å²) in [5, 5.41) is 11.1. The fourth-order valence-electron chi connectivity index (χ4n) is 4.77. The molecule has 35 heavy (non-hydrogen) atoms. The van der Waals surface area contributed by atoms with Crippen molar-refractivity contribution in [3.63, 3.8) is 0 Å². The first-order valence-electron chi connectivity index (χ1n) is 11.5. The van der Waals surface area contributed by atoms with E-state index in [0.29, 0.717) is 22.8 Å². The van der Waals surface area contributed by atoms with Crippen LogP contribution in [0, 0.1) is 17.6 Å². The van der Waals surface area contributed by atoms with Gasteiger partial charge in [-0.05, 0) is 42.7 Å². The molecule has 0 bridgehead atoms. The number of hydrogen-bond acceptors (Lipinski definition) is 6. The number of rotatable bonds is 4. The first-order valence-corrected chi connectivity index (χ1v) is 11.5. The molecule has 3 aromatic rings. The highest BCUT2D eigenvalue weighted by atomic mass is 19.1. The number of nitrogens with zero attached hydrogens (tertiary/aromatic N) is 5. The van der Waals surface area contributed by atoms with Crippen molar-refractivity contribution in [1.29, 1.82) is 0 Å². The van der Waals surface area contributed by atoms with E-state index in [2.05, 4.69) is 32.3 Å². The van der Waals surface area contributed by atoms with Crippen molar-refractivity contribution in [3.8, 4) is 5.69 Å². The number of fused-ring (bicyclic) bond motifs is 1. The predicted octanol–water partition coefficient (Wildman–Crippen LogP) is 3.41. The molecule has 2 aliphatic heterocycles. The predicted molar refractivity (Wildman–Crippen MR) is 130 cm³/mol. The number of hydrazine groups is 1. The van der Waals surface area contributed by atoms with E-state index in [-0.39, 0.29) is 5.69 Å². The Morgan fingerprint density at radius 2 is 1.80 bits per heavy atom. The summed E-state index contributed by atoms with van der Waals surface area (Å²) in [5.74, 6) is -1.94. The second-order valence-electron chi connectivity index (χ2n) is 9.13. The van der Waals surface area contributed by atoms with Gasteiger partial charge >= 0.3 is 0 Å². The summed E-state index contributed by atoms with van der Waals surface area (Å²) in [6.45, 7) is 4.66. The molecule has 1 N–H and O–H groups in total. The van der Waals surface area contributed by atoms with Crippen LogP contribution in [-0.2, 0) is 6.54 Å². The minimum Gasteiger partial charge on any atom is -0.369 e. The van der Waals surface area contributed by atoms with Crippen molar-refractivity contribution in [1.82, 2.24) is 14.8 Å². The van der Waals surface area contributed by atoms with Crippen molar-refractivity contribution in [2.45, 2.75) is 19.9 Å². The number of carbonyl (C=O) groups is 1. The Balaban J connectivity index is 1.53. The van der Waals surface area contributed by atoms with Crippen LogP contribution in [0.1, 0.15) is 29.4 Å². The molecule has 1 atom stereocenters. The van der Waals surface area contributed by atoms with Crippen LogP contribution >= 0.6 is 0 Å². The standard InChI is InChI=1S/C25H26F2N6O2/c1-15-11-12-32(13-15)23-16-14-30(2)31(3)21(16)9-7-19(23)28-25(35)20-8-10-22(34)33(29-20)24-17(26)5-4-6-18(24)27/h4-10,15H,11-14H2,1-3H3,(H,28,35). The lowest BCUT2D eigenvalue weighted by atomic mass is 10.1.